The number of methoxy groups -OCH3 is 2. The number of para-hydroxylation sites is 1. The normalized spacial score (nSPS) is 10.3. The molecule has 1 heterocycles. The van der Waals surface area contributed by atoms with Crippen LogP contribution >= 0.6 is 0 Å². The Morgan fingerprint density at radius 1 is 1.04 bits per heavy atom. The van der Waals surface area contributed by atoms with E-state index in [9.17, 15) is 10.1 Å². The molecule has 3 rings (SSSR count). The second-order valence-corrected chi connectivity index (χ2v) is 4.84. The number of ether oxygens (including phenoxy) is 2. The molecule has 1 aromatic heterocycles. The molecule has 5 nitrogen and oxygen atoms in total. The van der Waals surface area contributed by atoms with Gasteiger partial charge < -0.3 is 13.9 Å². The minimum atomic E-state index is -0.355. The maximum absolute atomic E-state index is 12.5. The van der Waals surface area contributed by atoms with E-state index in [1.807, 2.05) is 6.07 Å². The van der Waals surface area contributed by atoms with Crippen LogP contribution in [0.25, 0.3) is 22.3 Å². The standard InChI is InChI=1S/C18H13NO4/c1-21-12-7-11(8-13(9-12)22-2)18-15(10-19)17(20)14-5-3-4-6-16(14)23-18/h3-9H,1-2H3. The van der Waals surface area contributed by atoms with Crippen molar-refractivity contribution in [2.45, 2.75) is 0 Å². The lowest BCUT2D eigenvalue weighted by Gasteiger charge is -2.09. The Balaban J connectivity index is 2.36. The summed E-state index contributed by atoms with van der Waals surface area (Å²) in [5.41, 5.74) is 0.569. The quantitative estimate of drug-likeness (QED) is 0.742. The summed E-state index contributed by atoms with van der Waals surface area (Å²) in [5, 5.41) is 9.78. The van der Waals surface area contributed by atoms with Crippen LogP contribution in [0.5, 0.6) is 11.5 Å². The van der Waals surface area contributed by atoms with Gasteiger partial charge in [0.2, 0.25) is 5.43 Å². The number of hydrogen-bond acceptors (Lipinski definition) is 5. The van der Waals surface area contributed by atoms with E-state index < -0.39 is 0 Å². The summed E-state index contributed by atoms with van der Waals surface area (Å²) >= 11 is 0. The minimum Gasteiger partial charge on any atom is -0.497 e. The molecule has 0 saturated carbocycles. The van der Waals surface area contributed by atoms with Crippen molar-refractivity contribution in [1.82, 2.24) is 0 Å². The Kier molecular flexibility index (Phi) is 3.73. The van der Waals surface area contributed by atoms with Crippen LogP contribution in [0.15, 0.2) is 51.7 Å². The van der Waals surface area contributed by atoms with Crippen LogP contribution in [0.3, 0.4) is 0 Å². The number of hydrogen-bond donors (Lipinski definition) is 0. The first-order valence-corrected chi connectivity index (χ1v) is 6.87. The van der Waals surface area contributed by atoms with Gasteiger partial charge in [-0.2, -0.15) is 5.26 Å². The van der Waals surface area contributed by atoms with Crippen molar-refractivity contribution in [3.05, 3.63) is 58.3 Å². The number of fused-ring (bicyclic) bond motifs is 1. The molecule has 0 fully saturated rings. The van der Waals surface area contributed by atoms with Gasteiger partial charge in [0.25, 0.3) is 0 Å². The largest absolute Gasteiger partial charge is 0.497 e. The van der Waals surface area contributed by atoms with E-state index in [2.05, 4.69) is 0 Å². The fraction of sp³-hybridized carbons (Fsp3) is 0.111. The Morgan fingerprint density at radius 2 is 1.70 bits per heavy atom. The van der Waals surface area contributed by atoms with Crippen LogP contribution in [0, 0.1) is 11.3 Å². The van der Waals surface area contributed by atoms with Crippen molar-refractivity contribution in [2.75, 3.05) is 14.2 Å². The first-order chi connectivity index (χ1) is 11.2. The van der Waals surface area contributed by atoms with Crippen molar-refractivity contribution in [2.24, 2.45) is 0 Å². The second-order valence-electron chi connectivity index (χ2n) is 4.84. The van der Waals surface area contributed by atoms with E-state index in [4.69, 9.17) is 13.9 Å². The molecular formula is C18H13NO4. The summed E-state index contributed by atoms with van der Waals surface area (Å²) in [5.74, 6) is 1.28. The van der Waals surface area contributed by atoms with Crippen LogP contribution in [0.4, 0.5) is 0 Å². The third-order valence-corrected chi connectivity index (χ3v) is 3.52. The van der Waals surface area contributed by atoms with Crippen LogP contribution in [-0.2, 0) is 0 Å². The molecule has 0 spiro atoms. The number of nitriles is 1. The molecule has 0 N–H and O–H groups in total. The Labute approximate surface area is 132 Å². The smallest absolute Gasteiger partial charge is 0.211 e. The SMILES string of the molecule is COc1cc(OC)cc(-c2oc3ccccc3c(=O)c2C#N)c1. The van der Waals surface area contributed by atoms with Gasteiger partial charge in [-0.15, -0.1) is 0 Å². The van der Waals surface area contributed by atoms with Gasteiger partial charge in [-0.05, 0) is 24.3 Å². The van der Waals surface area contributed by atoms with Gasteiger partial charge >= 0.3 is 0 Å². The molecule has 0 saturated heterocycles. The van der Waals surface area contributed by atoms with Gasteiger partial charge in [-0.3, -0.25) is 4.79 Å². The monoisotopic (exact) mass is 307 g/mol. The van der Waals surface area contributed by atoms with Crippen molar-refractivity contribution in [3.8, 4) is 28.9 Å². The minimum absolute atomic E-state index is 0.0426. The molecule has 0 aliphatic heterocycles. The van der Waals surface area contributed by atoms with E-state index in [0.29, 0.717) is 28.0 Å². The van der Waals surface area contributed by atoms with Crippen LogP contribution in [0.1, 0.15) is 5.56 Å². The number of nitrogens with zero attached hydrogens (tertiary/aromatic N) is 1. The van der Waals surface area contributed by atoms with Crippen molar-refractivity contribution < 1.29 is 13.9 Å². The highest BCUT2D eigenvalue weighted by Crippen LogP contribution is 2.32. The van der Waals surface area contributed by atoms with E-state index in [0.717, 1.165) is 0 Å². The molecule has 5 heteroatoms. The summed E-state index contributed by atoms with van der Waals surface area (Å²) in [6, 6.07) is 13.9. The Bertz CT molecular complexity index is 960. The average molecular weight is 307 g/mol. The first-order valence-electron chi connectivity index (χ1n) is 6.87. The van der Waals surface area contributed by atoms with E-state index in [-0.39, 0.29) is 16.8 Å². The zero-order valence-corrected chi connectivity index (χ0v) is 12.6. The first kappa shape index (κ1) is 14.7. The number of benzene rings is 2. The lowest BCUT2D eigenvalue weighted by molar-refractivity contribution is 0.394. The fourth-order valence-corrected chi connectivity index (χ4v) is 2.39. The molecule has 0 bridgehead atoms. The van der Waals surface area contributed by atoms with Crippen LogP contribution in [-0.4, -0.2) is 14.2 Å². The highest BCUT2D eigenvalue weighted by molar-refractivity contribution is 5.82. The van der Waals surface area contributed by atoms with Crippen LogP contribution in [0.2, 0.25) is 0 Å². The van der Waals surface area contributed by atoms with Gasteiger partial charge in [-0.25, -0.2) is 0 Å². The topological polar surface area (TPSA) is 72.5 Å². The summed E-state index contributed by atoms with van der Waals surface area (Å²) in [6.45, 7) is 0. The molecule has 0 aliphatic rings. The van der Waals surface area contributed by atoms with Gasteiger partial charge in [0.1, 0.15) is 28.7 Å². The molecule has 114 valence electrons. The second kappa shape index (κ2) is 5.85. The van der Waals surface area contributed by atoms with Crippen molar-refractivity contribution in [1.29, 1.82) is 5.26 Å². The van der Waals surface area contributed by atoms with Crippen molar-refractivity contribution in [3.63, 3.8) is 0 Å². The number of rotatable bonds is 3. The van der Waals surface area contributed by atoms with Gasteiger partial charge in [0.05, 0.1) is 19.6 Å². The predicted octanol–water partition coefficient (Wildman–Crippen LogP) is 3.35. The highest BCUT2D eigenvalue weighted by Gasteiger charge is 2.17. The highest BCUT2D eigenvalue weighted by atomic mass is 16.5. The summed E-state index contributed by atoms with van der Waals surface area (Å²) in [4.78, 5) is 12.5. The third kappa shape index (κ3) is 2.51. The molecule has 3 aromatic rings. The van der Waals surface area contributed by atoms with E-state index in [1.165, 1.54) is 14.2 Å². The zero-order valence-electron chi connectivity index (χ0n) is 12.6. The van der Waals surface area contributed by atoms with Gasteiger partial charge in [0.15, 0.2) is 5.76 Å². The Morgan fingerprint density at radius 3 is 2.30 bits per heavy atom. The molecule has 0 radical (unpaired) electrons. The van der Waals surface area contributed by atoms with E-state index >= 15 is 0 Å². The Hall–Kier alpha value is -3.26. The summed E-state index contributed by atoms with van der Waals surface area (Å²) in [7, 11) is 3.06. The van der Waals surface area contributed by atoms with Crippen LogP contribution < -0.4 is 14.9 Å². The molecule has 0 aliphatic carbocycles. The molecule has 0 amide bonds. The van der Waals surface area contributed by atoms with E-state index in [1.54, 1.807) is 42.5 Å². The predicted molar refractivity (Wildman–Crippen MR) is 85.7 cm³/mol. The third-order valence-electron chi connectivity index (χ3n) is 3.52. The lowest BCUT2D eigenvalue weighted by atomic mass is 10.0. The summed E-state index contributed by atoms with van der Waals surface area (Å²) in [6.07, 6.45) is 0. The molecule has 2 aromatic carbocycles. The molecular weight excluding hydrogens is 294 g/mol. The maximum Gasteiger partial charge on any atom is 0.211 e. The van der Waals surface area contributed by atoms with Crippen molar-refractivity contribution >= 4 is 11.0 Å². The molecule has 23 heavy (non-hydrogen) atoms. The zero-order chi connectivity index (χ0) is 16.4. The maximum atomic E-state index is 12.5. The fourth-order valence-electron chi connectivity index (χ4n) is 2.39. The molecule has 0 atom stereocenters. The molecule has 0 unspecified atom stereocenters. The summed E-state index contributed by atoms with van der Waals surface area (Å²) < 4.78 is 16.3. The lowest BCUT2D eigenvalue weighted by Crippen LogP contribution is -2.08. The average Bonchev–Trinajstić information content (AvgIpc) is 2.61. The van der Waals surface area contributed by atoms with Gasteiger partial charge in [0, 0.05) is 11.6 Å². The van der Waals surface area contributed by atoms with Gasteiger partial charge in [-0.1, -0.05) is 12.1 Å².